The summed E-state index contributed by atoms with van der Waals surface area (Å²) in [5, 5.41) is 30.2. The molecule has 1 atom stereocenters. The molecule has 3 rings (SSSR count). The largest absolute Gasteiger partial charge is 0.394 e. The van der Waals surface area contributed by atoms with Crippen LogP contribution in [0.5, 0.6) is 0 Å². The van der Waals surface area contributed by atoms with E-state index in [9.17, 15) is 18.8 Å². The summed E-state index contributed by atoms with van der Waals surface area (Å²) in [5.41, 5.74) is 2.57. The van der Waals surface area contributed by atoms with Gasteiger partial charge in [-0.15, -0.1) is 11.3 Å². The highest BCUT2D eigenvalue weighted by Crippen LogP contribution is 2.35. The van der Waals surface area contributed by atoms with Crippen molar-refractivity contribution in [1.82, 2.24) is 4.72 Å². The van der Waals surface area contributed by atoms with Gasteiger partial charge in [0, 0.05) is 35.1 Å². The SMILES string of the molecule is CCCN(CCC)c1ccc2cc(-c3ccc(/C(C)=C(\C#N)S(=O)(=O)NCC(O)CO)s3)ccc2c1. The highest BCUT2D eigenvalue weighted by Gasteiger charge is 2.23. The molecule has 0 amide bonds. The minimum Gasteiger partial charge on any atom is -0.394 e. The Morgan fingerprint density at radius 2 is 1.75 bits per heavy atom. The molecule has 0 saturated carbocycles. The molecule has 0 aliphatic rings. The van der Waals surface area contributed by atoms with Gasteiger partial charge in [-0.05, 0) is 72.0 Å². The number of nitrogens with zero attached hydrogens (tertiary/aromatic N) is 2. The Kier molecular flexibility index (Phi) is 9.65. The third-order valence-electron chi connectivity index (χ3n) is 5.87. The molecule has 1 aromatic heterocycles. The fourth-order valence-electron chi connectivity index (χ4n) is 3.99. The molecule has 1 heterocycles. The Morgan fingerprint density at radius 1 is 1.08 bits per heavy atom. The summed E-state index contributed by atoms with van der Waals surface area (Å²) in [7, 11) is -4.13. The van der Waals surface area contributed by atoms with E-state index in [1.807, 2.05) is 12.1 Å². The van der Waals surface area contributed by atoms with Gasteiger partial charge >= 0.3 is 0 Å². The number of aliphatic hydroxyl groups excluding tert-OH is 2. The van der Waals surface area contributed by atoms with Gasteiger partial charge < -0.3 is 15.1 Å². The minimum atomic E-state index is -4.13. The van der Waals surface area contributed by atoms with Crippen LogP contribution in [0.2, 0.25) is 0 Å². The van der Waals surface area contributed by atoms with Crippen LogP contribution in [0, 0.1) is 11.3 Å². The lowest BCUT2D eigenvalue weighted by Gasteiger charge is -2.24. The molecule has 0 aliphatic heterocycles. The third kappa shape index (κ3) is 6.52. The zero-order chi connectivity index (χ0) is 26.3. The van der Waals surface area contributed by atoms with Crippen LogP contribution in [0.4, 0.5) is 5.69 Å². The average Bonchev–Trinajstić information content (AvgIpc) is 3.37. The van der Waals surface area contributed by atoms with Crippen LogP contribution >= 0.6 is 11.3 Å². The van der Waals surface area contributed by atoms with E-state index in [1.165, 1.54) is 17.0 Å². The molecule has 9 heteroatoms. The van der Waals surface area contributed by atoms with Crippen molar-refractivity contribution in [2.45, 2.75) is 39.7 Å². The smallest absolute Gasteiger partial charge is 0.251 e. The van der Waals surface area contributed by atoms with Crippen molar-refractivity contribution < 1.29 is 18.6 Å². The predicted octanol–water partition coefficient (Wildman–Crippen LogP) is 4.72. The van der Waals surface area contributed by atoms with Gasteiger partial charge in [-0.1, -0.05) is 32.0 Å². The van der Waals surface area contributed by atoms with E-state index in [-0.39, 0.29) is 6.54 Å². The highest BCUT2D eigenvalue weighted by molar-refractivity contribution is 7.93. The Morgan fingerprint density at radius 3 is 2.39 bits per heavy atom. The number of thiophene rings is 1. The van der Waals surface area contributed by atoms with Crippen molar-refractivity contribution in [2.75, 3.05) is 31.1 Å². The molecule has 0 bridgehead atoms. The van der Waals surface area contributed by atoms with E-state index in [1.54, 1.807) is 13.0 Å². The second kappa shape index (κ2) is 12.5. The zero-order valence-corrected chi connectivity index (χ0v) is 22.5. The van der Waals surface area contributed by atoms with Crippen LogP contribution < -0.4 is 9.62 Å². The molecule has 36 heavy (non-hydrogen) atoms. The van der Waals surface area contributed by atoms with Crippen LogP contribution in [-0.2, 0) is 10.0 Å². The van der Waals surface area contributed by atoms with Gasteiger partial charge in [0.25, 0.3) is 10.0 Å². The molecule has 7 nitrogen and oxygen atoms in total. The minimum absolute atomic E-state index is 0.331. The Balaban J connectivity index is 1.89. The number of benzene rings is 2. The van der Waals surface area contributed by atoms with Crippen molar-refractivity contribution >= 4 is 43.4 Å². The molecular formula is C27H33N3O4S2. The fourth-order valence-corrected chi connectivity index (χ4v) is 6.25. The Bertz CT molecular complexity index is 1370. The summed E-state index contributed by atoms with van der Waals surface area (Å²) in [5.74, 6) is 0. The Hall–Kier alpha value is -2.74. The normalized spacial score (nSPS) is 13.3. The number of aliphatic hydroxyl groups is 2. The standard InChI is InChI=1S/C27H33N3O4S2/c1-4-12-30(13-5-2)23-9-8-20-14-22(7-6-21(20)15-23)26-11-10-25(35-26)19(3)27(16-28)36(33,34)29-17-24(32)18-31/h6-11,14-15,24,29,31-32H,4-5,12-13,17-18H2,1-3H3/b27-19+. The van der Waals surface area contributed by atoms with Crippen molar-refractivity contribution in [3.63, 3.8) is 0 Å². The number of allylic oxidation sites excluding steroid dienone is 2. The average molecular weight is 528 g/mol. The van der Waals surface area contributed by atoms with Gasteiger partial charge in [0.05, 0.1) is 12.7 Å². The van der Waals surface area contributed by atoms with Crippen LogP contribution in [-0.4, -0.2) is 51.0 Å². The number of fused-ring (bicyclic) bond motifs is 1. The van der Waals surface area contributed by atoms with E-state index < -0.39 is 27.6 Å². The van der Waals surface area contributed by atoms with E-state index in [2.05, 4.69) is 59.9 Å². The van der Waals surface area contributed by atoms with Gasteiger partial charge in [0.2, 0.25) is 0 Å². The number of anilines is 1. The molecule has 2 aromatic carbocycles. The van der Waals surface area contributed by atoms with Crippen LogP contribution in [0.15, 0.2) is 53.4 Å². The first-order valence-corrected chi connectivity index (χ1v) is 14.3. The first kappa shape index (κ1) is 27.8. The molecule has 0 radical (unpaired) electrons. The van der Waals surface area contributed by atoms with Crippen LogP contribution in [0.3, 0.4) is 0 Å². The van der Waals surface area contributed by atoms with Gasteiger partial charge in [0.15, 0.2) is 4.91 Å². The second-order valence-corrected chi connectivity index (χ2v) is 11.4. The van der Waals surface area contributed by atoms with E-state index in [0.717, 1.165) is 47.1 Å². The molecule has 3 N–H and O–H groups in total. The second-order valence-electron chi connectivity index (χ2n) is 8.65. The number of hydrogen-bond acceptors (Lipinski definition) is 7. The van der Waals surface area contributed by atoms with Crippen LogP contribution in [0.1, 0.15) is 38.5 Å². The van der Waals surface area contributed by atoms with Gasteiger partial charge in [-0.2, -0.15) is 5.26 Å². The topological polar surface area (TPSA) is 114 Å². The van der Waals surface area contributed by atoms with Crippen molar-refractivity contribution in [2.24, 2.45) is 0 Å². The summed E-state index contributed by atoms with van der Waals surface area (Å²) in [6.07, 6.45) is 0.959. The van der Waals surface area contributed by atoms with Gasteiger partial charge in [-0.25, -0.2) is 13.1 Å². The summed E-state index contributed by atoms with van der Waals surface area (Å²) < 4.78 is 27.4. The molecule has 0 spiro atoms. The maximum absolute atomic E-state index is 12.6. The number of nitrogens with one attached hydrogen (secondary N) is 1. The van der Waals surface area contributed by atoms with Gasteiger partial charge in [-0.3, -0.25) is 0 Å². The van der Waals surface area contributed by atoms with Crippen molar-refractivity contribution in [1.29, 1.82) is 5.26 Å². The van der Waals surface area contributed by atoms with Crippen LogP contribution in [0.25, 0.3) is 26.8 Å². The third-order valence-corrected chi connectivity index (χ3v) is 8.60. The number of rotatable bonds is 12. The molecule has 0 fully saturated rings. The lowest BCUT2D eigenvalue weighted by atomic mass is 10.0. The molecule has 1 unspecified atom stereocenters. The lowest BCUT2D eigenvalue weighted by molar-refractivity contribution is 0.0989. The predicted molar refractivity (Wildman–Crippen MR) is 148 cm³/mol. The fraction of sp³-hybridized carbons (Fsp3) is 0.370. The van der Waals surface area contributed by atoms with E-state index >= 15 is 0 Å². The van der Waals surface area contributed by atoms with E-state index in [0.29, 0.717) is 10.5 Å². The first-order valence-electron chi connectivity index (χ1n) is 12.0. The van der Waals surface area contributed by atoms with Gasteiger partial charge in [0.1, 0.15) is 6.07 Å². The van der Waals surface area contributed by atoms with Crippen molar-refractivity contribution in [3.05, 3.63) is 58.3 Å². The molecule has 3 aromatic rings. The quantitative estimate of drug-likeness (QED) is 0.294. The number of sulfonamides is 1. The first-order chi connectivity index (χ1) is 17.2. The maximum atomic E-state index is 12.6. The molecular weight excluding hydrogens is 494 g/mol. The molecule has 0 aliphatic carbocycles. The lowest BCUT2D eigenvalue weighted by Crippen LogP contribution is -2.34. The summed E-state index contributed by atoms with van der Waals surface area (Å²) in [6.45, 7) is 7.08. The zero-order valence-electron chi connectivity index (χ0n) is 20.9. The summed E-state index contributed by atoms with van der Waals surface area (Å²) in [4.78, 5) is 3.64. The Labute approximate surface area is 217 Å². The number of hydrogen-bond donors (Lipinski definition) is 3. The number of nitriles is 1. The monoisotopic (exact) mass is 527 g/mol. The van der Waals surface area contributed by atoms with E-state index in [4.69, 9.17) is 5.11 Å². The molecule has 192 valence electrons. The summed E-state index contributed by atoms with van der Waals surface area (Å²) >= 11 is 1.41. The maximum Gasteiger partial charge on any atom is 0.251 e. The van der Waals surface area contributed by atoms with Crippen molar-refractivity contribution in [3.8, 4) is 16.5 Å². The molecule has 0 saturated heterocycles. The highest BCUT2D eigenvalue weighted by atomic mass is 32.2. The summed E-state index contributed by atoms with van der Waals surface area (Å²) in [6, 6.07) is 18.3.